The molecule has 11 heteroatoms. The van der Waals surface area contributed by atoms with Gasteiger partial charge in [0.05, 0.1) is 21.5 Å². The largest absolute Gasteiger partial charge is 0.352 e. The zero-order valence-electron chi connectivity index (χ0n) is 15.6. The summed E-state index contributed by atoms with van der Waals surface area (Å²) in [5.41, 5.74) is 0.247. The van der Waals surface area contributed by atoms with Gasteiger partial charge >= 0.3 is 0 Å². The lowest BCUT2D eigenvalue weighted by molar-refractivity contribution is -0.117. The van der Waals surface area contributed by atoms with Crippen molar-refractivity contribution in [3.63, 3.8) is 0 Å². The van der Waals surface area contributed by atoms with E-state index in [-0.39, 0.29) is 27.8 Å². The Bertz CT molecular complexity index is 1030. The highest BCUT2D eigenvalue weighted by Gasteiger charge is 2.67. The number of amides is 2. The SMILES string of the molecule is O=C(NCCCCl)c1cc(NC(=O)[C@H]2[C@H](c3ccc(F)c(Cl)c3)C2(Cl)Cl)cc(Cl)c1F. The third kappa shape index (κ3) is 5.20. The Balaban J connectivity index is 1.78. The van der Waals surface area contributed by atoms with Crippen LogP contribution in [0.1, 0.15) is 28.3 Å². The van der Waals surface area contributed by atoms with Gasteiger partial charge in [0.1, 0.15) is 10.2 Å². The van der Waals surface area contributed by atoms with Gasteiger partial charge in [-0.25, -0.2) is 8.78 Å². The van der Waals surface area contributed by atoms with Crippen LogP contribution in [0.4, 0.5) is 14.5 Å². The third-order valence-corrected chi connectivity index (χ3v) is 6.55. The summed E-state index contributed by atoms with van der Waals surface area (Å²) >= 11 is 29.8. The van der Waals surface area contributed by atoms with E-state index in [4.69, 9.17) is 58.0 Å². The Kier molecular flexibility index (Phi) is 7.59. The van der Waals surface area contributed by atoms with Gasteiger partial charge in [-0.2, -0.15) is 0 Å². The summed E-state index contributed by atoms with van der Waals surface area (Å²) in [6, 6.07) is 6.28. The van der Waals surface area contributed by atoms with E-state index in [1.54, 1.807) is 0 Å². The van der Waals surface area contributed by atoms with Gasteiger partial charge in [-0.15, -0.1) is 34.8 Å². The van der Waals surface area contributed by atoms with Gasteiger partial charge in [-0.3, -0.25) is 9.59 Å². The van der Waals surface area contributed by atoms with Crippen LogP contribution in [-0.4, -0.2) is 28.6 Å². The van der Waals surface area contributed by atoms with Crippen molar-refractivity contribution in [1.29, 1.82) is 0 Å². The number of carbonyl (C=O) groups excluding carboxylic acids is 2. The maximum Gasteiger partial charge on any atom is 0.254 e. The first-order valence-corrected chi connectivity index (χ1v) is 11.1. The van der Waals surface area contributed by atoms with Crippen molar-refractivity contribution in [2.75, 3.05) is 17.7 Å². The van der Waals surface area contributed by atoms with Crippen LogP contribution in [0.3, 0.4) is 0 Å². The number of carbonyl (C=O) groups is 2. The molecule has 0 radical (unpaired) electrons. The van der Waals surface area contributed by atoms with Gasteiger partial charge in [0.2, 0.25) is 5.91 Å². The smallest absolute Gasteiger partial charge is 0.254 e. The van der Waals surface area contributed by atoms with E-state index >= 15 is 0 Å². The minimum absolute atomic E-state index is 0.0887. The molecule has 0 saturated heterocycles. The molecule has 3 rings (SSSR count). The summed E-state index contributed by atoms with van der Waals surface area (Å²) in [5.74, 6) is -4.00. The van der Waals surface area contributed by atoms with Crippen molar-refractivity contribution >= 4 is 75.5 Å². The van der Waals surface area contributed by atoms with Crippen LogP contribution in [-0.2, 0) is 4.79 Å². The number of halogens is 7. The molecule has 31 heavy (non-hydrogen) atoms. The second kappa shape index (κ2) is 9.67. The Hall–Kier alpha value is -1.31. The first-order chi connectivity index (χ1) is 14.6. The van der Waals surface area contributed by atoms with E-state index in [1.807, 2.05) is 0 Å². The van der Waals surface area contributed by atoms with Gasteiger partial charge in [0.25, 0.3) is 5.91 Å². The molecule has 1 saturated carbocycles. The zero-order valence-corrected chi connectivity index (χ0v) is 19.4. The quantitative estimate of drug-likeness (QED) is 0.333. The van der Waals surface area contributed by atoms with Crippen molar-refractivity contribution < 1.29 is 18.4 Å². The summed E-state index contributed by atoms with van der Waals surface area (Å²) in [5, 5.41) is 4.59. The molecule has 0 spiro atoms. The highest BCUT2D eigenvalue weighted by atomic mass is 35.5. The summed E-state index contributed by atoms with van der Waals surface area (Å²) in [6.45, 7) is 0.251. The van der Waals surface area contributed by atoms with Crippen molar-refractivity contribution in [2.45, 2.75) is 16.7 Å². The van der Waals surface area contributed by atoms with Crippen LogP contribution in [0.5, 0.6) is 0 Å². The topological polar surface area (TPSA) is 58.2 Å². The highest BCUT2D eigenvalue weighted by Crippen LogP contribution is 2.65. The molecule has 2 aromatic carbocycles. The Morgan fingerprint density at radius 2 is 1.77 bits per heavy atom. The van der Waals surface area contributed by atoms with Gasteiger partial charge in [0, 0.05) is 24.0 Å². The van der Waals surface area contributed by atoms with E-state index in [0.29, 0.717) is 17.9 Å². The number of alkyl halides is 3. The monoisotopic (exact) mass is 528 g/mol. The molecular formula is C20H15Cl5F2N2O2. The summed E-state index contributed by atoms with van der Waals surface area (Å²) in [4.78, 5) is 25.0. The predicted molar refractivity (Wildman–Crippen MR) is 120 cm³/mol. The van der Waals surface area contributed by atoms with Crippen LogP contribution in [0, 0.1) is 17.6 Å². The molecule has 0 bridgehead atoms. The zero-order chi connectivity index (χ0) is 22.9. The van der Waals surface area contributed by atoms with Gasteiger partial charge in [-0.1, -0.05) is 29.3 Å². The minimum Gasteiger partial charge on any atom is -0.352 e. The van der Waals surface area contributed by atoms with Crippen LogP contribution < -0.4 is 10.6 Å². The number of hydrogen-bond acceptors (Lipinski definition) is 2. The van der Waals surface area contributed by atoms with E-state index in [9.17, 15) is 18.4 Å². The Morgan fingerprint density at radius 3 is 2.42 bits per heavy atom. The number of nitrogens with one attached hydrogen (secondary N) is 2. The summed E-state index contributed by atoms with van der Waals surface area (Å²) < 4.78 is 26.3. The fraction of sp³-hybridized carbons (Fsp3) is 0.300. The number of hydrogen-bond donors (Lipinski definition) is 2. The molecule has 2 amide bonds. The highest BCUT2D eigenvalue weighted by molar-refractivity contribution is 6.53. The van der Waals surface area contributed by atoms with Crippen molar-refractivity contribution in [3.05, 3.63) is 63.1 Å². The van der Waals surface area contributed by atoms with Crippen molar-refractivity contribution in [3.8, 4) is 0 Å². The van der Waals surface area contributed by atoms with E-state index in [0.717, 1.165) is 12.1 Å². The number of benzene rings is 2. The van der Waals surface area contributed by atoms with Gasteiger partial charge in [-0.05, 0) is 36.2 Å². The normalized spacial score (nSPS) is 19.1. The fourth-order valence-corrected chi connectivity index (χ4v) is 4.55. The molecule has 0 unspecified atom stereocenters. The molecule has 2 N–H and O–H groups in total. The average Bonchev–Trinajstić information content (AvgIpc) is 3.28. The van der Waals surface area contributed by atoms with Crippen LogP contribution >= 0.6 is 58.0 Å². The average molecular weight is 531 g/mol. The Morgan fingerprint density at radius 1 is 1.06 bits per heavy atom. The molecular weight excluding hydrogens is 515 g/mol. The molecule has 2 atom stereocenters. The summed E-state index contributed by atoms with van der Waals surface area (Å²) in [7, 11) is 0. The van der Waals surface area contributed by atoms with E-state index in [2.05, 4.69) is 10.6 Å². The number of anilines is 1. The van der Waals surface area contributed by atoms with Crippen molar-refractivity contribution in [1.82, 2.24) is 5.32 Å². The molecule has 0 aromatic heterocycles. The van der Waals surface area contributed by atoms with Crippen molar-refractivity contribution in [2.24, 2.45) is 5.92 Å². The summed E-state index contributed by atoms with van der Waals surface area (Å²) in [6.07, 6.45) is 0.503. The maximum absolute atomic E-state index is 14.3. The molecule has 2 aromatic rings. The van der Waals surface area contributed by atoms with Gasteiger partial charge in [0.15, 0.2) is 5.82 Å². The standard InChI is InChI=1S/C20H15Cl5F2N2O2/c21-4-1-5-28-18(30)11-7-10(8-13(23)17(11)27)29-19(31)16-15(20(16,24)25)9-2-3-14(26)12(22)6-9/h2-3,6-8,15-16H,1,4-5H2,(H,28,30)(H,29,31)/t15-,16+/m0/s1. The predicted octanol–water partition coefficient (Wildman–Crippen LogP) is 6.16. The molecule has 4 nitrogen and oxygen atoms in total. The van der Waals surface area contributed by atoms with E-state index < -0.39 is 39.6 Å². The molecule has 166 valence electrons. The molecule has 1 fully saturated rings. The first-order valence-electron chi connectivity index (χ1n) is 9.04. The first kappa shape index (κ1) is 24.3. The molecule has 0 heterocycles. The maximum atomic E-state index is 14.3. The van der Waals surface area contributed by atoms with Crippen LogP contribution in [0.2, 0.25) is 10.0 Å². The number of rotatable bonds is 7. The lowest BCUT2D eigenvalue weighted by Crippen LogP contribution is -2.26. The lowest BCUT2D eigenvalue weighted by atomic mass is 10.1. The van der Waals surface area contributed by atoms with Crippen LogP contribution in [0.25, 0.3) is 0 Å². The molecule has 1 aliphatic rings. The lowest BCUT2D eigenvalue weighted by Gasteiger charge is -2.11. The molecule has 1 aliphatic carbocycles. The Labute approximate surface area is 202 Å². The second-order valence-electron chi connectivity index (χ2n) is 6.91. The second-order valence-corrected chi connectivity index (χ2v) is 9.55. The minimum atomic E-state index is -1.45. The van der Waals surface area contributed by atoms with Gasteiger partial charge < -0.3 is 10.6 Å². The third-order valence-electron chi connectivity index (χ3n) is 4.78. The van der Waals surface area contributed by atoms with E-state index in [1.165, 1.54) is 18.2 Å². The molecule has 0 aliphatic heterocycles. The fourth-order valence-electron chi connectivity index (χ4n) is 3.18. The van der Waals surface area contributed by atoms with Crippen LogP contribution in [0.15, 0.2) is 30.3 Å².